The molecule has 60 valence electrons. The predicted octanol–water partition coefficient (Wildman–Crippen LogP) is 1.65. The monoisotopic (exact) mass is 152 g/mol. The fourth-order valence-corrected chi connectivity index (χ4v) is 1.48. The van der Waals surface area contributed by atoms with E-state index in [0.29, 0.717) is 6.10 Å². The number of aromatic nitrogens is 2. The van der Waals surface area contributed by atoms with Crippen LogP contribution >= 0.6 is 0 Å². The van der Waals surface area contributed by atoms with Crippen LogP contribution < -0.4 is 0 Å². The molecule has 1 saturated heterocycles. The predicted molar refractivity (Wildman–Crippen MR) is 41.1 cm³/mol. The summed E-state index contributed by atoms with van der Waals surface area (Å²) in [5.74, 6) is 0. The van der Waals surface area contributed by atoms with Crippen LogP contribution in [-0.2, 0) is 4.74 Å². The van der Waals surface area contributed by atoms with Gasteiger partial charge in [-0.25, -0.2) is 0 Å². The Labute approximate surface area is 65.8 Å². The Balaban J connectivity index is 2.08. The van der Waals surface area contributed by atoms with Crippen LogP contribution in [0.1, 0.15) is 31.6 Å². The van der Waals surface area contributed by atoms with E-state index in [1.807, 2.05) is 6.07 Å². The van der Waals surface area contributed by atoms with Gasteiger partial charge < -0.3 is 4.74 Å². The molecule has 1 aliphatic rings. The quantitative estimate of drug-likeness (QED) is 0.664. The van der Waals surface area contributed by atoms with Crippen molar-refractivity contribution in [2.24, 2.45) is 0 Å². The van der Waals surface area contributed by atoms with E-state index in [1.54, 1.807) is 6.20 Å². The summed E-state index contributed by atoms with van der Waals surface area (Å²) in [6, 6.07) is 1.97. The van der Waals surface area contributed by atoms with Crippen molar-refractivity contribution in [1.29, 1.82) is 0 Å². The Morgan fingerprint density at radius 3 is 3.09 bits per heavy atom. The topological polar surface area (TPSA) is 37.9 Å². The average Bonchev–Trinajstić information content (AvgIpc) is 2.55. The van der Waals surface area contributed by atoms with Crippen molar-refractivity contribution >= 4 is 0 Å². The van der Waals surface area contributed by atoms with Crippen LogP contribution in [0.2, 0.25) is 0 Å². The van der Waals surface area contributed by atoms with Crippen LogP contribution in [0, 0.1) is 0 Å². The summed E-state index contributed by atoms with van der Waals surface area (Å²) in [5, 5.41) is 6.81. The summed E-state index contributed by atoms with van der Waals surface area (Å²) in [6.07, 6.45) is 4.70. The molecule has 0 aromatic carbocycles. The van der Waals surface area contributed by atoms with Gasteiger partial charge in [-0.1, -0.05) is 0 Å². The molecule has 0 spiro atoms. The van der Waals surface area contributed by atoms with Gasteiger partial charge in [0.15, 0.2) is 0 Å². The Hall–Kier alpha value is -0.830. The number of ether oxygens (including phenoxy) is 1. The third-order valence-corrected chi connectivity index (χ3v) is 2.10. The number of H-pyrrole nitrogens is 1. The van der Waals surface area contributed by atoms with Gasteiger partial charge in [0.25, 0.3) is 0 Å². The minimum Gasteiger partial charge on any atom is -0.369 e. The molecule has 1 aromatic rings. The molecule has 1 aliphatic heterocycles. The second-order valence-corrected chi connectivity index (χ2v) is 3.02. The maximum atomic E-state index is 5.63. The van der Waals surface area contributed by atoms with Crippen molar-refractivity contribution in [3.8, 4) is 0 Å². The first-order chi connectivity index (χ1) is 5.36. The van der Waals surface area contributed by atoms with Crippen LogP contribution in [0.25, 0.3) is 0 Å². The van der Waals surface area contributed by atoms with Crippen molar-refractivity contribution < 1.29 is 4.74 Å². The highest BCUT2D eigenvalue weighted by Gasteiger charge is 2.23. The Kier molecular flexibility index (Phi) is 1.66. The molecule has 0 aliphatic carbocycles. The largest absolute Gasteiger partial charge is 0.369 e. The summed E-state index contributed by atoms with van der Waals surface area (Å²) in [6.45, 7) is 2.11. The molecule has 0 unspecified atom stereocenters. The normalized spacial score (nSPS) is 31.0. The van der Waals surface area contributed by atoms with Crippen LogP contribution in [0.15, 0.2) is 12.3 Å². The van der Waals surface area contributed by atoms with Gasteiger partial charge in [0.1, 0.15) is 0 Å². The Morgan fingerprint density at radius 1 is 1.64 bits per heavy atom. The minimum absolute atomic E-state index is 0.257. The van der Waals surface area contributed by atoms with Gasteiger partial charge >= 0.3 is 0 Å². The lowest BCUT2D eigenvalue weighted by molar-refractivity contribution is 0.0530. The van der Waals surface area contributed by atoms with Crippen molar-refractivity contribution in [1.82, 2.24) is 10.2 Å². The lowest BCUT2D eigenvalue weighted by Gasteiger charge is -2.07. The number of rotatable bonds is 1. The zero-order valence-corrected chi connectivity index (χ0v) is 6.58. The SMILES string of the molecule is C[C@H]1CC[C@H](c2ccn[nH]2)O1. The van der Waals surface area contributed by atoms with E-state index in [1.165, 1.54) is 0 Å². The van der Waals surface area contributed by atoms with E-state index in [-0.39, 0.29) is 6.10 Å². The molecule has 1 fully saturated rings. The molecule has 0 saturated carbocycles. The molecule has 11 heavy (non-hydrogen) atoms. The van der Waals surface area contributed by atoms with E-state index in [0.717, 1.165) is 18.5 Å². The van der Waals surface area contributed by atoms with Crippen LogP contribution in [0.3, 0.4) is 0 Å². The highest BCUT2D eigenvalue weighted by atomic mass is 16.5. The third-order valence-electron chi connectivity index (χ3n) is 2.10. The second kappa shape index (κ2) is 2.66. The lowest BCUT2D eigenvalue weighted by atomic mass is 10.1. The number of hydrogen-bond donors (Lipinski definition) is 1. The first kappa shape index (κ1) is 6.85. The molecule has 0 amide bonds. The summed E-state index contributed by atoms with van der Waals surface area (Å²) < 4.78 is 5.63. The fraction of sp³-hybridized carbons (Fsp3) is 0.625. The van der Waals surface area contributed by atoms with Gasteiger partial charge in [-0.05, 0) is 25.8 Å². The van der Waals surface area contributed by atoms with Crippen LogP contribution in [-0.4, -0.2) is 16.3 Å². The molecule has 2 heterocycles. The van der Waals surface area contributed by atoms with Crippen molar-refractivity contribution in [2.75, 3.05) is 0 Å². The van der Waals surface area contributed by atoms with Crippen molar-refractivity contribution in [3.63, 3.8) is 0 Å². The van der Waals surface area contributed by atoms with Gasteiger partial charge in [0.2, 0.25) is 0 Å². The van der Waals surface area contributed by atoms with Crippen molar-refractivity contribution in [2.45, 2.75) is 32.0 Å². The molecular weight excluding hydrogens is 140 g/mol. The Morgan fingerprint density at radius 2 is 2.55 bits per heavy atom. The average molecular weight is 152 g/mol. The standard InChI is InChI=1S/C8H12N2O/c1-6-2-3-8(11-6)7-4-5-9-10-7/h4-6,8H,2-3H2,1H3,(H,9,10)/t6-,8+/m0/s1. The molecule has 3 heteroatoms. The second-order valence-electron chi connectivity index (χ2n) is 3.02. The van der Waals surface area contributed by atoms with E-state index in [9.17, 15) is 0 Å². The number of nitrogens with one attached hydrogen (secondary N) is 1. The zero-order chi connectivity index (χ0) is 7.68. The van der Waals surface area contributed by atoms with Gasteiger partial charge in [0.05, 0.1) is 17.9 Å². The molecule has 1 N–H and O–H groups in total. The summed E-state index contributed by atoms with van der Waals surface area (Å²) in [7, 11) is 0. The maximum absolute atomic E-state index is 5.63. The number of nitrogens with zero attached hydrogens (tertiary/aromatic N) is 1. The molecular formula is C8H12N2O. The first-order valence-corrected chi connectivity index (χ1v) is 4.01. The fourth-order valence-electron chi connectivity index (χ4n) is 1.48. The van der Waals surface area contributed by atoms with Gasteiger partial charge in [-0.3, -0.25) is 5.10 Å². The zero-order valence-electron chi connectivity index (χ0n) is 6.58. The van der Waals surface area contributed by atoms with Crippen LogP contribution in [0.4, 0.5) is 0 Å². The van der Waals surface area contributed by atoms with Crippen LogP contribution in [0.5, 0.6) is 0 Å². The maximum Gasteiger partial charge on any atom is 0.0993 e. The molecule has 2 atom stereocenters. The molecule has 3 nitrogen and oxygen atoms in total. The molecule has 0 bridgehead atoms. The Bertz CT molecular complexity index is 220. The third kappa shape index (κ3) is 1.28. The molecule has 1 aromatic heterocycles. The first-order valence-electron chi connectivity index (χ1n) is 4.01. The van der Waals surface area contributed by atoms with Gasteiger partial charge in [-0.2, -0.15) is 5.10 Å². The molecule has 0 radical (unpaired) electrons. The summed E-state index contributed by atoms with van der Waals surface area (Å²) in [5.41, 5.74) is 1.11. The van der Waals surface area contributed by atoms with E-state index < -0.39 is 0 Å². The smallest absolute Gasteiger partial charge is 0.0993 e. The summed E-state index contributed by atoms with van der Waals surface area (Å²) >= 11 is 0. The highest BCUT2D eigenvalue weighted by molar-refractivity contribution is 5.03. The van der Waals surface area contributed by atoms with E-state index in [4.69, 9.17) is 4.74 Å². The number of hydrogen-bond acceptors (Lipinski definition) is 2. The number of aromatic amines is 1. The van der Waals surface area contributed by atoms with Gasteiger partial charge in [0, 0.05) is 6.20 Å². The summed E-state index contributed by atoms with van der Waals surface area (Å²) in [4.78, 5) is 0. The van der Waals surface area contributed by atoms with E-state index >= 15 is 0 Å². The molecule has 2 rings (SSSR count). The van der Waals surface area contributed by atoms with Gasteiger partial charge in [-0.15, -0.1) is 0 Å². The highest BCUT2D eigenvalue weighted by Crippen LogP contribution is 2.30. The minimum atomic E-state index is 0.257. The van der Waals surface area contributed by atoms with Crippen molar-refractivity contribution in [3.05, 3.63) is 18.0 Å². The van der Waals surface area contributed by atoms with E-state index in [2.05, 4.69) is 17.1 Å². The lowest BCUT2D eigenvalue weighted by Crippen LogP contribution is -2.01.